The molecule has 1 aromatic heterocycles. The minimum atomic E-state index is -0.234. The molecule has 1 aromatic rings. The van der Waals surface area contributed by atoms with Gasteiger partial charge >= 0.3 is 0 Å². The summed E-state index contributed by atoms with van der Waals surface area (Å²) < 4.78 is 0. The van der Waals surface area contributed by atoms with Gasteiger partial charge in [0, 0.05) is 44.7 Å². The van der Waals surface area contributed by atoms with E-state index < -0.39 is 0 Å². The highest BCUT2D eigenvalue weighted by Gasteiger charge is 2.23. The van der Waals surface area contributed by atoms with Gasteiger partial charge in [0.25, 0.3) is 5.91 Å². The van der Waals surface area contributed by atoms with Gasteiger partial charge in [0.2, 0.25) is 11.8 Å². The molecule has 1 aliphatic rings. The van der Waals surface area contributed by atoms with Crippen molar-refractivity contribution in [2.75, 3.05) is 39.3 Å². The summed E-state index contributed by atoms with van der Waals surface area (Å²) in [6.45, 7) is 9.16. The van der Waals surface area contributed by atoms with Crippen LogP contribution in [-0.4, -0.2) is 72.3 Å². The number of carbonyl (C=O) groups excluding carboxylic acids is 3. The number of nitrogens with zero attached hydrogens (tertiary/aromatic N) is 2. The summed E-state index contributed by atoms with van der Waals surface area (Å²) in [7, 11) is 0. The van der Waals surface area contributed by atoms with Crippen LogP contribution in [0.5, 0.6) is 0 Å². The third-order valence-electron chi connectivity index (χ3n) is 3.98. The molecule has 1 aliphatic heterocycles. The van der Waals surface area contributed by atoms with E-state index >= 15 is 0 Å². The van der Waals surface area contributed by atoms with E-state index in [-0.39, 0.29) is 23.3 Å². The number of hydrogen-bond donors (Lipinski definition) is 2. The highest BCUT2D eigenvalue weighted by atomic mass is 32.1. The quantitative estimate of drug-likeness (QED) is 0.769. The lowest BCUT2D eigenvalue weighted by molar-refractivity contribution is -0.133. The molecule has 2 N–H and O–H groups in total. The summed E-state index contributed by atoms with van der Waals surface area (Å²) in [6.07, 6.45) is 0.293. The number of nitrogens with one attached hydrogen (secondary N) is 2. The maximum atomic E-state index is 12.3. The average molecular weight is 381 g/mol. The van der Waals surface area contributed by atoms with E-state index in [1.165, 1.54) is 11.3 Å². The van der Waals surface area contributed by atoms with Crippen LogP contribution in [0.3, 0.4) is 0 Å². The molecule has 8 heteroatoms. The Morgan fingerprint density at radius 2 is 1.85 bits per heavy atom. The van der Waals surface area contributed by atoms with Crippen molar-refractivity contribution in [2.24, 2.45) is 0 Å². The molecular formula is C18H28N4O3S. The second kappa shape index (κ2) is 9.14. The van der Waals surface area contributed by atoms with Crippen LogP contribution in [0.4, 0.5) is 0 Å². The fraction of sp³-hybridized carbons (Fsp3) is 0.611. The zero-order chi connectivity index (χ0) is 19.2. The van der Waals surface area contributed by atoms with Crippen molar-refractivity contribution in [3.05, 3.63) is 22.4 Å². The van der Waals surface area contributed by atoms with Gasteiger partial charge < -0.3 is 15.5 Å². The number of piperazine rings is 1. The normalized spacial score (nSPS) is 15.6. The Morgan fingerprint density at radius 1 is 1.15 bits per heavy atom. The molecular weight excluding hydrogens is 352 g/mol. The maximum Gasteiger partial charge on any atom is 0.261 e. The van der Waals surface area contributed by atoms with Gasteiger partial charge in [-0.05, 0) is 32.2 Å². The van der Waals surface area contributed by atoms with E-state index in [0.717, 1.165) is 0 Å². The van der Waals surface area contributed by atoms with Gasteiger partial charge in [-0.25, -0.2) is 0 Å². The molecule has 0 aromatic carbocycles. The fourth-order valence-corrected chi connectivity index (χ4v) is 3.39. The molecule has 2 rings (SSSR count). The Morgan fingerprint density at radius 3 is 2.42 bits per heavy atom. The van der Waals surface area contributed by atoms with E-state index in [2.05, 4.69) is 15.5 Å². The number of hydrogen-bond acceptors (Lipinski definition) is 5. The van der Waals surface area contributed by atoms with Gasteiger partial charge in [0.15, 0.2) is 0 Å². The molecule has 7 nitrogen and oxygen atoms in total. The Labute approximate surface area is 158 Å². The van der Waals surface area contributed by atoms with Crippen LogP contribution in [0, 0.1) is 0 Å². The van der Waals surface area contributed by atoms with Crippen molar-refractivity contribution in [2.45, 2.75) is 32.7 Å². The van der Waals surface area contributed by atoms with Gasteiger partial charge in [-0.15, -0.1) is 11.3 Å². The highest BCUT2D eigenvalue weighted by molar-refractivity contribution is 7.12. The van der Waals surface area contributed by atoms with Crippen molar-refractivity contribution in [1.29, 1.82) is 0 Å². The van der Waals surface area contributed by atoms with Gasteiger partial charge in [-0.3, -0.25) is 19.3 Å². The molecule has 0 aliphatic carbocycles. The van der Waals surface area contributed by atoms with E-state index in [9.17, 15) is 14.4 Å². The van der Waals surface area contributed by atoms with Crippen molar-refractivity contribution >= 4 is 29.1 Å². The molecule has 0 radical (unpaired) electrons. The molecule has 0 atom stereocenters. The maximum absolute atomic E-state index is 12.3. The van der Waals surface area contributed by atoms with Gasteiger partial charge in [0.05, 0.1) is 11.4 Å². The Balaban J connectivity index is 1.65. The molecule has 2 heterocycles. The molecule has 1 saturated heterocycles. The average Bonchev–Trinajstić information content (AvgIpc) is 3.08. The Kier molecular flexibility index (Phi) is 7.16. The fourth-order valence-electron chi connectivity index (χ4n) is 2.75. The third-order valence-corrected chi connectivity index (χ3v) is 4.84. The molecule has 144 valence electrons. The minimum absolute atomic E-state index is 0.00793. The highest BCUT2D eigenvalue weighted by Crippen LogP contribution is 2.08. The van der Waals surface area contributed by atoms with Crippen LogP contribution >= 0.6 is 11.3 Å². The van der Waals surface area contributed by atoms with Crippen LogP contribution in [0.15, 0.2) is 17.5 Å². The van der Waals surface area contributed by atoms with E-state index in [4.69, 9.17) is 0 Å². The molecule has 0 bridgehead atoms. The summed E-state index contributed by atoms with van der Waals surface area (Å²) in [5, 5.41) is 7.57. The van der Waals surface area contributed by atoms with Crippen molar-refractivity contribution in [3.63, 3.8) is 0 Å². The van der Waals surface area contributed by atoms with E-state index in [1.54, 1.807) is 11.0 Å². The largest absolute Gasteiger partial charge is 0.351 e. The molecule has 0 spiro atoms. The van der Waals surface area contributed by atoms with Gasteiger partial charge in [-0.1, -0.05) is 6.07 Å². The first-order valence-corrected chi connectivity index (χ1v) is 9.75. The lowest BCUT2D eigenvalue weighted by Gasteiger charge is -2.35. The second-order valence-electron chi connectivity index (χ2n) is 7.44. The van der Waals surface area contributed by atoms with Gasteiger partial charge in [0.1, 0.15) is 0 Å². The topological polar surface area (TPSA) is 81.8 Å². The van der Waals surface area contributed by atoms with Crippen molar-refractivity contribution in [3.8, 4) is 0 Å². The van der Waals surface area contributed by atoms with E-state index in [1.807, 2.05) is 32.2 Å². The summed E-state index contributed by atoms with van der Waals surface area (Å²) in [5.41, 5.74) is -0.234. The summed E-state index contributed by atoms with van der Waals surface area (Å²) in [4.78, 5) is 40.6. The van der Waals surface area contributed by atoms with E-state index in [0.29, 0.717) is 50.6 Å². The SMILES string of the molecule is CC(C)(C)NC(=O)CN1CCN(C(=O)CCNC(=O)c2cccs2)CC1. The summed E-state index contributed by atoms with van der Waals surface area (Å²) in [6, 6.07) is 3.59. The van der Waals surface area contributed by atoms with Gasteiger partial charge in [-0.2, -0.15) is 0 Å². The summed E-state index contributed by atoms with van der Waals surface area (Å²) in [5.74, 6) is -0.0914. The number of amides is 3. The van der Waals surface area contributed by atoms with Crippen molar-refractivity contribution < 1.29 is 14.4 Å². The van der Waals surface area contributed by atoms with Crippen LogP contribution in [0.2, 0.25) is 0 Å². The predicted octanol–water partition coefficient (Wildman–Crippen LogP) is 0.927. The molecule has 1 fully saturated rings. The minimum Gasteiger partial charge on any atom is -0.351 e. The predicted molar refractivity (Wildman–Crippen MR) is 102 cm³/mol. The lowest BCUT2D eigenvalue weighted by Crippen LogP contribution is -2.53. The summed E-state index contributed by atoms with van der Waals surface area (Å²) >= 11 is 1.38. The smallest absolute Gasteiger partial charge is 0.261 e. The zero-order valence-corrected chi connectivity index (χ0v) is 16.5. The van der Waals surface area contributed by atoms with Crippen LogP contribution in [0.25, 0.3) is 0 Å². The Hall–Kier alpha value is -1.93. The number of thiophene rings is 1. The van der Waals surface area contributed by atoms with Crippen LogP contribution < -0.4 is 10.6 Å². The molecule has 0 unspecified atom stereocenters. The molecule has 0 saturated carbocycles. The second-order valence-corrected chi connectivity index (χ2v) is 8.39. The first-order valence-electron chi connectivity index (χ1n) is 8.87. The number of carbonyl (C=O) groups is 3. The van der Waals surface area contributed by atoms with Crippen molar-refractivity contribution in [1.82, 2.24) is 20.4 Å². The van der Waals surface area contributed by atoms with Crippen LogP contribution in [-0.2, 0) is 9.59 Å². The third kappa shape index (κ3) is 6.76. The first kappa shape index (κ1) is 20.4. The first-order chi connectivity index (χ1) is 12.2. The van der Waals surface area contributed by atoms with Crippen LogP contribution in [0.1, 0.15) is 36.9 Å². The number of rotatable bonds is 6. The lowest BCUT2D eigenvalue weighted by atomic mass is 10.1. The monoisotopic (exact) mass is 380 g/mol. The standard InChI is InChI=1S/C18H28N4O3S/c1-18(2,3)20-15(23)13-21-8-10-22(11-9-21)16(24)6-7-19-17(25)14-5-4-12-26-14/h4-5,12H,6-11,13H2,1-3H3,(H,19,25)(H,20,23). The molecule has 26 heavy (non-hydrogen) atoms. The molecule has 3 amide bonds. The zero-order valence-electron chi connectivity index (χ0n) is 15.7. The Bertz CT molecular complexity index is 617.